The molecule has 0 spiro atoms. The van der Waals surface area contributed by atoms with E-state index < -0.39 is 0 Å². The topological polar surface area (TPSA) is 189 Å². The van der Waals surface area contributed by atoms with Crippen molar-refractivity contribution in [2.24, 2.45) is 16.0 Å². The van der Waals surface area contributed by atoms with Crippen molar-refractivity contribution in [2.75, 3.05) is 0 Å². The molecule has 0 fully saturated rings. The average Bonchev–Trinajstić information content (AvgIpc) is 1.70. The van der Waals surface area contributed by atoms with E-state index in [4.69, 9.17) is 30.3 Å². The first-order valence-corrected chi connectivity index (χ1v) is 1.10. The van der Waals surface area contributed by atoms with Gasteiger partial charge in [0.25, 0.3) is 0 Å². The Bertz CT molecular complexity index is 50.4. The molecular weight excluding hydrogens is 321 g/mol. The Balaban J connectivity index is -0.0000000150. The molecule has 11 heavy (non-hydrogen) atoms. The zero-order valence-corrected chi connectivity index (χ0v) is 6.43. The van der Waals surface area contributed by atoms with Crippen molar-refractivity contribution in [3.8, 4) is 0 Å². The van der Waals surface area contributed by atoms with E-state index in [-0.39, 0.29) is 42.8 Å². The van der Waals surface area contributed by atoms with Crippen LogP contribution < -0.4 is 0 Å². The summed E-state index contributed by atoms with van der Waals surface area (Å²) in [5.74, 6) is 0. The van der Waals surface area contributed by atoms with E-state index in [0.717, 1.165) is 16.0 Å². The van der Waals surface area contributed by atoms with E-state index in [0.29, 0.717) is 0 Å². The molecule has 2 N–H and O–H groups in total. The molecule has 0 aliphatic heterocycles. The van der Waals surface area contributed by atoms with Crippen LogP contribution in [0.25, 0.3) is 0 Å². The van der Waals surface area contributed by atoms with E-state index in [2.05, 4.69) is 0 Å². The van der Waals surface area contributed by atoms with Crippen LogP contribution in [-0.2, 0) is 0 Å². The molecule has 0 heterocycles. The molecule has 11 heteroatoms. The zero-order chi connectivity index (χ0) is 8.12. The largest absolute Gasteiger partial charge is 3.00 e. The molecule has 0 aromatic rings. The van der Waals surface area contributed by atoms with Crippen molar-refractivity contribution in [3.05, 3.63) is 30.3 Å². The minimum Gasteiger partial charge on any atom is -0.444 e. The Morgan fingerprint density at radius 1 is 0.727 bits per heavy atom. The van der Waals surface area contributed by atoms with Crippen molar-refractivity contribution in [3.63, 3.8) is 0 Å². The second kappa shape index (κ2) is 115. The van der Waals surface area contributed by atoms with Gasteiger partial charge in [-0.1, -0.05) is 0 Å². The molecule has 0 aliphatic rings. The molecule has 0 bridgehead atoms. The van der Waals surface area contributed by atoms with Gasteiger partial charge in [0.1, 0.15) is 0 Å². The molecule has 0 aromatic carbocycles. The molecule has 0 aromatic heterocycles. The fraction of sp³-hybridized carbons (Fsp3) is 0. The quantitative estimate of drug-likeness (QED) is 0.442. The molecule has 0 amide bonds. The van der Waals surface area contributed by atoms with Gasteiger partial charge in [0.05, 0.1) is 0 Å². The summed E-state index contributed by atoms with van der Waals surface area (Å²) < 4.78 is 0. The van der Waals surface area contributed by atoms with Gasteiger partial charge < -0.3 is 35.8 Å². The Kier molecular flexibility index (Phi) is 329. The van der Waals surface area contributed by atoms with E-state index in [1.807, 2.05) is 0 Å². The molecular formula is H2ErN3O7. The van der Waals surface area contributed by atoms with E-state index in [1.54, 1.807) is 0 Å². The monoisotopic (exact) mass is 322 g/mol. The third-order valence-electron chi connectivity index (χ3n) is 0. The molecule has 0 saturated carbocycles. The SMILES string of the molecule is O.O=N[O-].O=N[O-].O=N[O-].[Er+3]. The minimum atomic E-state index is 0. The van der Waals surface area contributed by atoms with Gasteiger partial charge in [-0.3, -0.25) is 0 Å². The van der Waals surface area contributed by atoms with Crippen LogP contribution in [0.2, 0.25) is 0 Å². The third-order valence-corrected chi connectivity index (χ3v) is 0. The summed E-state index contributed by atoms with van der Waals surface area (Å²) in [6, 6.07) is 0. The smallest absolute Gasteiger partial charge is 0.444 e. The van der Waals surface area contributed by atoms with Crippen molar-refractivity contribution in [2.45, 2.75) is 0 Å². The fourth-order valence-corrected chi connectivity index (χ4v) is 0. The Morgan fingerprint density at radius 2 is 0.727 bits per heavy atom. The van der Waals surface area contributed by atoms with Crippen LogP contribution in [0.5, 0.6) is 0 Å². The van der Waals surface area contributed by atoms with Crippen LogP contribution in [0, 0.1) is 67.6 Å². The second-order valence-electron chi connectivity index (χ2n) is 0.224. The fourth-order valence-electron chi connectivity index (χ4n) is 0. The maximum atomic E-state index is 8.00. The minimum absolute atomic E-state index is 0. The van der Waals surface area contributed by atoms with Gasteiger partial charge in [-0.2, -0.15) is 0 Å². The molecule has 0 unspecified atom stereocenters. The van der Waals surface area contributed by atoms with Crippen LogP contribution in [0.3, 0.4) is 0 Å². The Labute approximate surface area is 88.9 Å². The molecule has 10 nitrogen and oxygen atoms in total. The van der Waals surface area contributed by atoms with Gasteiger partial charge in [-0.15, -0.1) is 16.0 Å². The van der Waals surface area contributed by atoms with Crippen LogP contribution in [-0.4, -0.2) is 5.48 Å². The summed E-state index contributed by atoms with van der Waals surface area (Å²) >= 11 is 0. The standard InChI is InChI=1S/Er.3HNO2.H2O/c;3*2-1-3;/h;3*(H,2,3);1H2/q+3;;;;/p-3. The first kappa shape index (κ1) is 31.5. The van der Waals surface area contributed by atoms with Gasteiger partial charge >= 0.3 is 37.3 Å². The second-order valence-corrected chi connectivity index (χ2v) is 0.224. The summed E-state index contributed by atoms with van der Waals surface area (Å²) in [4.78, 5) is 24.0. The number of rotatable bonds is 0. The summed E-state index contributed by atoms with van der Waals surface area (Å²) in [5.41, 5.74) is 0. The summed E-state index contributed by atoms with van der Waals surface area (Å²) in [7, 11) is 0. The first-order valence-electron chi connectivity index (χ1n) is 1.10. The summed E-state index contributed by atoms with van der Waals surface area (Å²) in [5, 5.41) is 27.0. The van der Waals surface area contributed by atoms with E-state index >= 15 is 0 Å². The molecule has 0 saturated heterocycles. The predicted molar refractivity (Wildman–Crippen MR) is 31.1 cm³/mol. The van der Waals surface area contributed by atoms with Crippen molar-refractivity contribution < 1.29 is 42.8 Å². The molecule has 71 valence electrons. The molecule has 0 rings (SSSR count). The van der Waals surface area contributed by atoms with E-state index in [1.165, 1.54) is 0 Å². The maximum Gasteiger partial charge on any atom is 3.00 e. The normalized spacial score (nSPS) is 3.27. The number of hydrogen-bond acceptors (Lipinski definition) is 9. The molecule has 1 radical (unpaired) electrons. The third kappa shape index (κ3) is 1470. The van der Waals surface area contributed by atoms with Crippen molar-refractivity contribution in [1.82, 2.24) is 0 Å². The number of nitrogens with zero attached hydrogens (tertiary/aromatic N) is 3. The van der Waals surface area contributed by atoms with E-state index in [9.17, 15) is 0 Å². The average molecular weight is 323 g/mol. The maximum absolute atomic E-state index is 8.00. The first-order chi connectivity index (χ1) is 4.24. The Morgan fingerprint density at radius 3 is 0.727 bits per heavy atom. The zero-order valence-electron chi connectivity index (χ0n) is 4.58. The van der Waals surface area contributed by atoms with Crippen LogP contribution in [0.1, 0.15) is 0 Å². The predicted octanol–water partition coefficient (Wildman–Crippen LogP) is -0.0729. The van der Waals surface area contributed by atoms with Gasteiger partial charge in [0.15, 0.2) is 0 Å². The molecule has 0 atom stereocenters. The van der Waals surface area contributed by atoms with Crippen LogP contribution >= 0.6 is 0 Å². The van der Waals surface area contributed by atoms with Gasteiger partial charge in [-0.25, -0.2) is 0 Å². The van der Waals surface area contributed by atoms with Gasteiger partial charge in [0.2, 0.25) is 0 Å². The van der Waals surface area contributed by atoms with Crippen molar-refractivity contribution in [1.29, 1.82) is 0 Å². The summed E-state index contributed by atoms with van der Waals surface area (Å²) in [6.07, 6.45) is 0. The van der Waals surface area contributed by atoms with Crippen molar-refractivity contribution >= 4 is 0 Å². The van der Waals surface area contributed by atoms with Gasteiger partial charge in [0, 0.05) is 0 Å². The summed E-state index contributed by atoms with van der Waals surface area (Å²) in [6.45, 7) is 0. The van der Waals surface area contributed by atoms with Crippen LogP contribution in [0.15, 0.2) is 16.0 Å². The van der Waals surface area contributed by atoms with Gasteiger partial charge in [-0.05, 0) is 0 Å². The molecule has 0 aliphatic carbocycles. The number of hydrogen-bond donors (Lipinski definition) is 0. The Hall–Kier alpha value is -0.593. The van der Waals surface area contributed by atoms with Crippen LogP contribution in [0.4, 0.5) is 0 Å².